The molecule has 2 aliphatic heterocycles. The second kappa shape index (κ2) is 5.23. The highest BCUT2D eigenvalue weighted by molar-refractivity contribution is 8.61. The summed E-state index contributed by atoms with van der Waals surface area (Å²) < 4.78 is 0. The Hall–Kier alpha value is 1.19. The summed E-state index contributed by atoms with van der Waals surface area (Å²) in [6.45, 7) is 3.37. The Kier molecular flexibility index (Phi) is 4.41. The van der Waals surface area contributed by atoms with Crippen molar-refractivity contribution in [2.24, 2.45) is 5.92 Å². The average Bonchev–Trinajstić information content (AvgIpc) is 2.57. The second-order valence-electron chi connectivity index (χ2n) is 4.47. The minimum Gasteiger partial charge on any atom is -0.339 e. The maximum absolute atomic E-state index is 11.8. The van der Waals surface area contributed by atoms with E-state index in [0.29, 0.717) is 17.9 Å². The molecule has 5 unspecified atom stereocenters. The first kappa shape index (κ1) is 12.6. The van der Waals surface area contributed by atoms with E-state index in [2.05, 4.69) is 29.7 Å². The molecule has 15 heavy (non-hydrogen) atoms. The molecular weight excluding hydrogens is 262 g/mol. The van der Waals surface area contributed by atoms with Crippen LogP contribution in [0.2, 0.25) is 0 Å². The summed E-state index contributed by atoms with van der Waals surface area (Å²) in [5.41, 5.74) is 0.757. The molecule has 2 fully saturated rings. The fourth-order valence-electron chi connectivity index (χ4n) is 2.79. The normalized spacial score (nSPS) is 38.7. The van der Waals surface area contributed by atoms with Crippen molar-refractivity contribution >= 4 is 39.0 Å². The third kappa shape index (κ3) is 2.40. The van der Waals surface area contributed by atoms with Crippen molar-refractivity contribution in [1.82, 2.24) is 4.90 Å². The molecular formula is C9H19NOP4. The van der Waals surface area contributed by atoms with E-state index in [1.165, 1.54) is 6.42 Å². The van der Waals surface area contributed by atoms with Crippen LogP contribution in [0.3, 0.4) is 0 Å². The van der Waals surface area contributed by atoms with Crippen LogP contribution in [0.1, 0.15) is 26.2 Å². The Morgan fingerprint density at radius 2 is 2.33 bits per heavy atom. The van der Waals surface area contributed by atoms with E-state index in [1.54, 1.807) is 0 Å². The van der Waals surface area contributed by atoms with Gasteiger partial charge < -0.3 is 4.90 Å². The van der Waals surface area contributed by atoms with Gasteiger partial charge in [-0.25, -0.2) is 0 Å². The summed E-state index contributed by atoms with van der Waals surface area (Å²) in [5, 5.41) is 0. The molecule has 86 valence electrons. The third-order valence-corrected chi connectivity index (χ3v) is 15.1. The third-order valence-electron chi connectivity index (χ3n) is 3.72. The predicted octanol–water partition coefficient (Wildman–Crippen LogP) is 3.04. The Morgan fingerprint density at radius 1 is 1.60 bits per heavy atom. The molecule has 0 saturated carbocycles. The number of carbonyl (C=O) groups excluding carboxylic acids is 1. The number of carbonyl (C=O) groups is 1. The minimum atomic E-state index is 0.0387. The highest BCUT2D eigenvalue weighted by atomic mass is 32.6. The first-order valence-electron chi connectivity index (χ1n) is 5.44. The van der Waals surface area contributed by atoms with Gasteiger partial charge in [0.2, 0.25) is 5.91 Å². The molecule has 0 aliphatic carbocycles. The fourth-order valence-corrected chi connectivity index (χ4v) is 8.39. The van der Waals surface area contributed by atoms with Crippen LogP contribution in [0.4, 0.5) is 0 Å². The summed E-state index contributed by atoms with van der Waals surface area (Å²) in [6, 6.07) is 0.558. The lowest BCUT2D eigenvalue weighted by molar-refractivity contribution is -0.134. The molecule has 2 aliphatic rings. The van der Waals surface area contributed by atoms with E-state index in [0.717, 1.165) is 33.0 Å². The van der Waals surface area contributed by atoms with Crippen LogP contribution >= 0.6 is 33.1 Å². The smallest absolute Gasteiger partial charge is 0.222 e. The lowest BCUT2D eigenvalue weighted by Gasteiger charge is -2.31. The number of hydrogen-bond acceptors (Lipinski definition) is 1. The Labute approximate surface area is 99.3 Å². The zero-order valence-corrected chi connectivity index (χ0v) is 13.2. The van der Waals surface area contributed by atoms with E-state index in [-0.39, 0.29) is 7.30 Å². The molecule has 0 bridgehead atoms. The highest BCUT2D eigenvalue weighted by Gasteiger charge is 2.44. The number of hydrogen-bond donors (Lipinski definition) is 0. The summed E-state index contributed by atoms with van der Waals surface area (Å²) >= 11 is 0. The van der Waals surface area contributed by atoms with Gasteiger partial charge in [0.05, 0.1) is 0 Å². The minimum absolute atomic E-state index is 0.0387. The van der Waals surface area contributed by atoms with Crippen molar-refractivity contribution < 1.29 is 4.79 Å². The van der Waals surface area contributed by atoms with E-state index in [4.69, 9.17) is 0 Å². The van der Waals surface area contributed by atoms with E-state index >= 15 is 0 Å². The van der Waals surface area contributed by atoms with Crippen LogP contribution < -0.4 is 0 Å². The number of amides is 1. The molecule has 2 heterocycles. The van der Waals surface area contributed by atoms with Gasteiger partial charge in [-0.3, -0.25) is 4.79 Å². The molecule has 2 nitrogen and oxygen atoms in total. The molecule has 0 aromatic heterocycles. The molecule has 1 amide bonds. The molecule has 6 heteroatoms. The van der Waals surface area contributed by atoms with Gasteiger partial charge in [-0.15, -0.1) is 17.9 Å². The standard InChI is InChI=1S/C9H19NOP4/c1-6-7-3-2-4-9(11)10(7)5-8(6)15(13)14-12/h6-8,14H,2-5,12-13H2,1H3/t6-,7?,8-,15?/m0/s1. The summed E-state index contributed by atoms with van der Waals surface area (Å²) in [5.74, 6) is 1.12. The van der Waals surface area contributed by atoms with E-state index in [9.17, 15) is 4.79 Å². The van der Waals surface area contributed by atoms with Crippen molar-refractivity contribution in [3.05, 3.63) is 0 Å². The number of fused-ring (bicyclic) bond motifs is 1. The molecule has 0 N–H and O–H groups in total. The van der Waals surface area contributed by atoms with Gasteiger partial charge in [0, 0.05) is 24.7 Å². The van der Waals surface area contributed by atoms with Crippen LogP contribution in [0.5, 0.6) is 0 Å². The Bertz CT molecular complexity index is 262. The maximum atomic E-state index is 11.8. The predicted molar refractivity (Wildman–Crippen MR) is 77.0 cm³/mol. The van der Waals surface area contributed by atoms with E-state index in [1.807, 2.05) is 0 Å². The lowest BCUT2D eigenvalue weighted by atomic mass is 9.94. The SMILES string of the molecule is C[C@H]1C2CCCC(=O)N2C[C@@H]1P(P)PP. The number of rotatable bonds is 2. The highest BCUT2D eigenvalue weighted by Crippen LogP contribution is 2.71. The van der Waals surface area contributed by atoms with Crippen molar-refractivity contribution in [3.8, 4) is 0 Å². The van der Waals surface area contributed by atoms with Crippen molar-refractivity contribution in [2.75, 3.05) is 6.54 Å². The lowest BCUT2D eigenvalue weighted by Crippen LogP contribution is -2.40. The van der Waals surface area contributed by atoms with Gasteiger partial charge in [-0.2, -0.15) is 0 Å². The molecule has 0 spiro atoms. The summed E-state index contributed by atoms with van der Waals surface area (Å²) in [6.07, 6.45) is 3.13. The molecule has 0 radical (unpaired) electrons. The summed E-state index contributed by atoms with van der Waals surface area (Å²) in [7, 11) is 6.89. The monoisotopic (exact) mass is 281 g/mol. The zero-order valence-electron chi connectivity index (χ0n) is 9.02. The summed E-state index contributed by atoms with van der Waals surface area (Å²) in [4.78, 5) is 14.0. The van der Waals surface area contributed by atoms with Crippen LogP contribution in [0.15, 0.2) is 0 Å². The Balaban J connectivity index is 2.11. The van der Waals surface area contributed by atoms with Crippen LogP contribution in [0.25, 0.3) is 0 Å². The van der Waals surface area contributed by atoms with Crippen molar-refractivity contribution in [2.45, 2.75) is 37.9 Å². The second-order valence-corrected chi connectivity index (χ2v) is 14.1. The largest absolute Gasteiger partial charge is 0.339 e. The molecule has 0 aromatic rings. The maximum Gasteiger partial charge on any atom is 0.222 e. The van der Waals surface area contributed by atoms with Gasteiger partial charge in [-0.1, -0.05) is 22.2 Å². The van der Waals surface area contributed by atoms with Gasteiger partial charge in [0.25, 0.3) is 0 Å². The zero-order chi connectivity index (χ0) is 11.0. The average molecular weight is 281 g/mol. The van der Waals surface area contributed by atoms with Crippen molar-refractivity contribution in [1.29, 1.82) is 0 Å². The molecule has 7 atom stereocenters. The van der Waals surface area contributed by atoms with Gasteiger partial charge in [0.15, 0.2) is 0 Å². The van der Waals surface area contributed by atoms with Crippen LogP contribution in [-0.2, 0) is 4.79 Å². The number of nitrogens with zero attached hydrogens (tertiary/aromatic N) is 1. The Morgan fingerprint density at radius 3 is 2.93 bits per heavy atom. The molecule has 0 aromatic carbocycles. The first-order chi connectivity index (χ1) is 7.15. The molecule has 2 saturated heterocycles. The van der Waals surface area contributed by atoms with Gasteiger partial charge >= 0.3 is 0 Å². The van der Waals surface area contributed by atoms with E-state index < -0.39 is 0 Å². The quantitative estimate of drug-likeness (QED) is 0.712. The fraction of sp³-hybridized carbons (Fsp3) is 0.889. The molecule has 2 rings (SSSR count). The van der Waals surface area contributed by atoms with Gasteiger partial charge in [0.1, 0.15) is 0 Å². The number of piperidine rings is 1. The van der Waals surface area contributed by atoms with Crippen LogP contribution in [-0.4, -0.2) is 29.1 Å². The first-order valence-corrected chi connectivity index (χ1v) is 12.1. The topological polar surface area (TPSA) is 20.3 Å². The van der Waals surface area contributed by atoms with Gasteiger partial charge in [-0.05, 0) is 18.8 Å². The van der Waals surface area contributed by atoms with Crippen LogP contribution in [0, 0.1) is 5.92 Å². The van der Waals surface area contributed by atoms with Crippen molar-refractivity contribution in [3.63, 3.8) is 0 Å².